The van der Waals surface area contributed by atoms with E-state index in [0.29, 0.717) is 37.1 Å². The molecule has 5 rings (SSSR count). The summed E-state index contributed by atoms with van der Waals surface area (Å²) in [6, 6.07) is 5.26. The zero-order valence-corrected chi connectivity index (χ0v) is 23.7. The molecule has 1 saturated carbocycles. The zero-order chi connectivity index (χ0) is 28.2. The maximum absolute atomic E-state index is 12.0. The standard InChI is InChI=1S/C31H38N2O7/c1-19-7-5-8-21(13-19)30-32-25(20(2)40-30)18-39-24-10-6-9-23(16-24)38-12-11-33-26-17-29(37-4)28(36-3)15-22(26)14-27(33)31(34)35/h8,13-15,17,23-24H,5-7,9-12,16,18H2,1-4H3,(H,34,35). The van der Waals surface area contributed by atoms with Crippen molar-refractivity contribution in [3.63, 3.8) is 0 Å². The summed E-state index contributed by atoms with van der Waals surface area (Å²) in [6.07, 6.45) is 10.3. The Kier molecular flexibility index (Phi) is 8.61. The van der Waals surface area contributed by atoms with Crippen LogP contribution in [0.25, 0.3) is 16.5 Å². The second-order valence-electron chi connectivity index (χ2n) is 10.6. The van der Waals surface area contributed by atoms with Gasteiger partial charge in [-0.05, 0) is 64.5 Å². The van der Waals surface area contributed by atoms with Crippen LogP contribution in [0.2, 0.25) is 0 Å². The highest BCUT2D eigenvalue weighted by atomic mass is 16.5. The Morgan fingerprint density at radius 2 is 1.85 bits per heavy atom. The first-order valence-electron chi connectivity index (χ1n) is 13.9. The van der Waals surface area contributed by atoms with Crippen molar-refractivity contribution in [3.8, 4) is 11.5 Å². The number of aromatic carboxylic acids is 1. The monoisotopic (exact) mass is 550 g/mol. The molecule has 0 spiro atoms. The Morgan fingerprint density at radius 1 is 1.10 bits per heavy atom. The summed E-state index contributed by atoms with van der Waals surface area (Å²) < 4.78 is 31.0. The highest BCUT2D eigenvalue weighted by Gasteiger charge is 2.25. The van der Waals surface area contributed by atoms with Crippen molar-refractivity contribution in [1.29, 1.82) is 0 Å². The number of ether oxygens (including phenoxy) is 4. The third-order valence-electron chi connectivity index (χ3n) is 7.77. The first kappa shape index (κ1) is 28.0. The average molecular weight is 551 g/mol. The van der Waals surface area contributed by atoms with Crippen LogP contribution in [0.5, 0.6) is 11.5 Å². The van der Waals surface area contributed by atoms with Gasteiger partial charge in [0.25, 0.3) is 0 Å². The lowest BCUT2D eigenvalue weighted by Crippen LogP contribution is -2.29. The summed E-state index contributed by atoms with van der Waals surface area (Å²) in [7, 11) is 3.13. The van der Waals surface area contributed by atoms with E-state index in [1.54, 1.807) is 30.9 Å². The smallest absolute Gasteiger partial charge is 0.352 e. The first-order valence-corrected chi connectivity index (χ1v) is 13.9. The summed E-state index contributed by atoms with van der Waals surface area (Å²) in [5, 5.41) is 10.6. The topological polar surface area (TPSA) is 105 Å². The van der Waals surface area contributed by atoms with Crippen LogP contribution in [0.1, 0.15) is 73.3 Å². The van der Waals surface area contributed by atoms with Gasteiger partial charge in [-0.15, -0.1) is 0 Å². The van der Waals surface area contributed by atoms with Crippen LogP contribution < -0.4 is 9.47 Å². The van der Waals surface area contributed by atoms with Crippen molar-refractivity contribution >= 4 is 22.4 Å². The number of rotatable bonds is 11. The van der Waals surface area contributed by atoms with Crippen LogP contribution in [0.4, 0.5) is 0 Å². The number of carboxylic acid groups (broad SMARTS) is 1. The molecule has 40 heavy (non-hydrogen) atoms. The predicted octanol–water partition coefficient (Wildman–Crippen LogP) is 6.32. The Balaban J connectivity index is 1.18. The number of aryl methyl sites for hydroxylation is 1. The van der Waals surface area contributed by atoms with Gasteiger partial charge in [0.05, 0.1) is 45.2 Å². The molecule has 2 aromatic heterocycles. The molecule has 0 saturated heterocycles. The van der Waals surface area contributed by atoms with E-state index in [4.69, 9.17) is 28.3 Å². The highest BCUT2D eigenvalue weighted by molar-refractivity contribution is 5.95. The molecule has 1 fully saturated rings. The number of benzene rings is 1. The molecule has 9 heteroatoms. The predicted molar refractivity (Wildman–Crippen MR) is 151 cm³/mol. The van der Waals surface area contributed by atoms with Crippen molar-refractivity contribution < 1.29 is 33.3 Å². The summed E-state index contributed by atoms with van der Waals surface area (Å²) in [4.78, 5) is 16.7. The van der Waals surface area contributed by atoms with Crippen LogP contribution >= 0.6 is 0 Å². The molecule has 0 radical (unpaired) electrons. The van der Waals surface area contributed by atoms with Crippen molar-refractivity contribution in [2.24, 2.45) is 0 Å². The number of methoxy groups -OCH3 is 2. The number of nitrogens with zero attached hydrogens (tertiary/aromatic N) is 2. The zero-order valence-electron chi connectivity index (χ0n) is 23.7. The molecule has 9 nitrogen and oxygen atoms in total. The molecule has 1 N–H and O–H groups in total. The lowest BCUT2D eigenvalue weighted by atomic mass is 9.95. The number of oxazole rings is 1. The van der Waals surface area contributed by atoms with E-state index in [1.807, 2.05) is 13.0 Å². The van der Waals surface area contributed by atoms with E-state index in [-0.39, 0.29) is 17.9 Å². The minimum absolute atomic E-state index is 0.0537. The van der Waals surface area contributed by atoms with Crippen LogP contribution in [0.3, 0.4) is 0 Å². The van der Waals surface area contributed by atoms with Gasteiger partial charge in [-0.3, -0.25) is 0 Å². The molecule has 0 aliphatic heterocycles. The van der Waals surface area contributed by atoms with Crippen LogP contribution in [0.15, 0.2) is 40.3 Å². The number of hydrogen-bond acceptors (Lipinski definition) is 7. The molecule has 2 aliphatic rings. The average Bonchev–Trinajstić information content (AvgIpc) is 3.51. The van der Waals surface area contributed by atoms with Gasteiger partial charge in [0.2, 0.25) is 5.89 Å². The van der Waals surface area contributed by atoms with Crippen molar-refractivity contribution in [2.45, 2.75) is 77.7 Å². The van der Waals surface area contributed by atoms with Gasteiger partial charge >= 0.3 is 5.97 Å². The van der Waals surface area contributed by atoms with Gasteiger partial charge in [-0.25, -0.2) is 9.78 Å². The normalized spacial score (nSPS) is 19.4. The van der Waals surface area contributed by atoms with E-state index in [2.05, 4.69) is 19.1 Å². The third-order valence-corrected chi connectivity index (χ3v) is 7.77. The fourth-order valence-electron chi connectivity index (χ4n) is 5.61. The summed E-state index contributed by atoms with van der Waals surface area (Å²) in [5.74, 6) is 1.57. The van der Waals surface area contributed by atoms with Gasteiger partial charge in [-0.1, -0.05) is 17.7 Å². The van der Waals surface area contributed by atoms with Gasteiger partial charge in [0.15, 0.2) is 11.5 Å². The van der Waals surface area contributed by atoms with E-state index >= 15 is 0 Å². The van der Waals surface area contributed by atoms with Gasteiger partial charge in [0.1, 0.15) is 17.1 Å². The Hall–Kier alpha value is -3.56. The number of fused-ring (bicyclic) bond motifs is 1. The van der Waals surface area contributed by atoms with Gasteiger partial charge < -0.3 is 33.0 Å². The van der Waals surface area contributed by atoms with Crippen LogP contribution in [-0.2, 0) is 22.6 Å². The molecule has 214 valence electrons. The lowest BCUT2D eigenvalue weighted by Gasteiger charge is -2.29. The number of carboxylic acids is 1. The molecule has 1 aromatic carbocycles. The minimum Gasteiger partial charge on any atom is -0.493 e. The number of aromatic nitrogens is 2. The molecule has 0 amide bonds. The van der Waals surface area contributed by atoms with Gasteiger partial charge in [-0.2, -0.15) is 0 Å². The van der Waals surface area contributed by atoms with Crippen molar-refractivity contribution in [1.82, 2.24) is 9.55 Å². The van der Waals surface area contributed by atoms with E-state index < -0.39 is 5.97 Å². The Labute approximate surface area is 234 Å². The number of carbonyl (C=O) groups is 1. The number of allylic oxidation sites excluding steroid dienone is 4. The Morgan fingerprint density at radius 3 is 2.58 bits per heavy atom. The Bertz CT molecular complexity index is 1430. The van der Waals surface area contributed by atoms with E-state index in [0.717, 1.165) is 66.5 Å². The summed E-state index contributed by atoms with van der Waals surface area (Å²) >= 11 is 0. The molecule has 3 aromatic rings. The van der Waals surface area contributed by atoms with E-state index in [1.165, 1.54) is 5.57 Å². The van der Waals surface area contributed by atoms with E-state index in [9.17, 15) is 9.90 Å². The molecule has 0 bridgehead atoms. The SMILES string of the molecule is COc1cc2cc(C(=O)O)n(CCOC3CCCC(OCc4nc(C5=CCCC(C)=C5)oc4C)C3)c2cc1OC. The molecule has 2 aliphatic carbocycles. The first-order chi connectivity index (χ1) is 19.4. The molecule has 2 heterocycles. The lowest BCUT2D eigenvalue weighted by molar-refractivity contribution is -0.0523. The molecule has 2 unspecified atom stereocenters. The summed E-state index contributed by atoms with van der Waals surface area (Å²) in [6.45, 7) is 5.28. The van der Waals surface area contributed by atoms with Crippen molar-refractivity contribution in [2.75, 3.05) is 20.8 Å². The quantitative estimate of drug-likeness (QED) is 0.296. The number of hydrogen-bond donors (Lipinski definition) is 1. The molecule has 2 atom stereocenters. The highest BCUT2D eigenvalue weighted by Crippen LogP contribution is 2.34. The summed E-state index contributed by atoms with van der Waals surface area (Å²) in [5.41, 5.74) is 4.19. The van der Waals surface area contributed by atoms with Crippen LogP contribution in [-0.4, -0.2) is 53.7 Å². The maximum Gasteiger partial charge on any atom is 0.352 e. The molecular weight excluding hydrogens is 512 g/mol. The largest absolute Gasteiger partial charge is 0.493 e. The maximum atomic E-state index is 12.0. The van der Waals surface area contributed by atoms with Gasteiger partial charge in [0, 0.05) is 23.6 Å². The fourth-order valence-corrected chi connectivity index (χ4v) is 5.61. The minimum atomic E-state index is -0.988. The molecular formula is C31H38N2O7. The second-order valence-corrected chi connectivity index (χ2v) is 10.6. The fraction of sp³-hybridized carbons (Fsp3) is 0.484. The van der Waals surface area contributed by atoms with Crippen LogP contribution in [0, 0.1) is 6.92 Å². The third kappa shape index (κ3) is 6.10. The van der Waals surface area contributed by atoms with Crippen molar-refractivity contribution in [3.05, 3.63) is 59.0 Å². The second kappa shape index (κ2) is 12.3.